The van der Waals surface area contributed by atoms with Gasteiger partial charge in [0.1, 0.15) is 0 Å². The van der Waals surface area contributed by atoms with E-state index in [2.05, 4.69) is 58.7 Å². The quantitative estimate of drug-likeness (QED) is 0.562. The van der Waals surface area contributed by atoms with Gasteiger partial charge in [-0.2, -0.15) is 0 Å². The number of benzene rings is 3. The van der Waals surface area contributed by atoms with E-state index in [9.17, 15) is 8.42 Å². The second-order valence-corrected chi connectivity index (χ2v) is 10.7. The predicted octanol–water partition coefficient (Wildman–Crippen LogP) is 4.45. The van der Waals surface area contributed by atoms with E-state index in [1.807, 2.05) is 37.3 Å². The van der Waals surface area contributed by atoms with Crippen molar-refractivity contribution in [3.8, 4) is 0 Å². The molecular weight excluding hydrogens is 430 g/mol. The van der Waals surface area contributed by atoms with Crippen LogP contribution in [-0.2, 0) is 10.0 Å². The van der Waals surface area contributed by atoms with E-state index in [1.54, 1.807) is 12.1 Å². The van der Waals surface area contributed by atoms with Crippen molar-refractivity contribution in [2.45, 2.75) is 31.7 Å². The van der Waals surface area contributed by atoms with Crippen LogP contribution in [0.2, 0.25) is 0 Å². The van der Waals surface area contributed by atoms with Gasteiger partial charge in [-0.05, 0) is 55.7 Å². The van der Waals surface area contributed by atoms with Crippen LogP contribution in [0.15, 0.2) is 77.7 Å². The number of nitrogens with zero attached hydrogens (tertiary/aromatic N) is 2. The number of hydrogen-bond donors (Lipinski definition) is 1. The fourth-order valence-electron chi connectivity index (χ4n) is 4.46. The van der Waals surface area contributed by atoms with Crippen LogP contribution in [0.4, 0.5) is 5.69 Å². The molecule has 0 amide bonds. The van der Waals surface area contributed by atoms with Crippen molar-refractivity contribution in [3.05, 3.63) is 95.1 Å². The van der Waals surface area contributed by atoms with Crippen molar-refractivity contribution in [3.63, 3.8) is 0 Å². The molecule has 1 N–H and O–H groups in total. The smallest absolute Gasteiger partial charge is 0.240 e. The van der Waals surface area contributed by atoms with E-state index in [0.29, 0.717) is 11.4 Å². The summed E-state index contributed by atoms with van der Waals surface area (Å²) in [5.41, 5.74) is 6.03. The Labute approximate surface area is 198 Å². The molecule has 0 spiro atoms. The molecule has 1 aliphatic rings. The molecule has 1 fully saturated rings. The molecule has 3 aromatic carbocycles. The Bertz CT molecular complexity index is 1170. The van der Waals surface area contributed by atoms with Gasteiger partial charge in [0.25, 0.3) is 0 Å². The topological polar surface area (TPSA) is 52.7 Å². The van der Waals surface area contributed by atoms with Gasteiger partial charge in [0.15, 0.2) is 0 Å². The van der Waals surface area contributed by atoms with Crippen molar-refractivity contribution in [1.29, 1.82) is 0 Å². The first-order valence-corrected chi connectivity index (χ1v) is 13.0. The average molecular weight is 464 g/mol. The molecule has 33 heavy (non-hydrogen) atoms. The molecule has 3 aromatic rings. The molecule has 6 heteroatoms. The van der Waals surface area contributed by atoms with Crippen molar-refractivity contribution in [2.75, 3.05) is 37.6 Å². The highest BCUT2D eigenvalue weighted by Crippen LogP contribution is 2.27. The van der Waals surface area contributed by atoms with Crippen LogP contribution in [0, 0.1) is 20.8 Å². The van der Waals surface area contributed by atoms with Crippen LogP contribution in [0.25, 0.3) is 0 Å². The first kappa shape index (κ1) is 23.5. The SMILES string of the molecule is Cc1ccc(S(=O)(=O)NCC(c2ccccc2)N2CCN(c3cc(C)ccc3C)CC2)cc1. The zero-order valence-corrected chi connectivity index (χ0v) is 20.5. The molecule has 1 heterocycles. The number of aryl methyl sites for hydroxylation is 3. The molecule has 174 valence electrons. The molecule has 0 radical (unpaired) electrons. The first-order valence-electron chi connectivity index (χ1n) is 11.5. The molecule has 0 saturated carbocycles. The normalized spacial score (nSPS) is 16.0. The van der Waals surface area contributed by atoms with E-state index in [0.717, 1.165) is 37.3 Å². The Balaban J connectivity index is 1.49. The Morgan fingerprint density at radius 3 is 2.12 bits per heavy atom. The highest BCUT2D eigenvalue weighted by Gasteiger charge is 2.27. The molecule has 1 aliphatic heterocycles. The summed E-state index contributed by atoms with van der Waals surface area (Å²) >= 11 is 0. The summed E-state index contributed by atoms with van der Waals surface area (Å²) in [6.45, 7) is 10.2. The van der Waals surface area contributed by atoms with Crippen LogP contribution in [0.3, 0.4) is 0 Å². The molecule has 0 aliphatic carbocycles. The maximum Gasteiger partial charge on any atom is 0.240 e. The van der Waals surface area contributed by atoms with E-state index in [-0.39, 0.29) is 6.04 Å². The van der Waals surface area contributed by atoms with Crippen LogP contribution < -0.4 is 9.62 Å². The minimum absolute atomic E-state index is 0.0211. The minimum atomic E-state index is -3.57. The third kappa shape index (κ3) is 5.64. The summed E-state index contributed by atoms with van der Waals surface area (Å²) in [5, 5.41) is 0. The van der Waals surface area contributed by atoms with Gasteiger partial charge in [0, 0.05) is 44.5 Å². The van der Waals surface area contributed by atoms with Gasteiger partial charge in [-0.15, -0.1) is 0 Å². The van der Waals surface area contributed by atoms with Crippen molar-refractivity contribution in [1.82, 2.24) is 9.62 Å². The monoisotopic (exact) mass is 463 g/mol. The first-order chi connectivity index (χ1) is 15.8. The number of piperazine rings is 1. The second kappa shape index (κ2) is 10.1. The molecule has 1 unspecified atom stereocenters. The summed E-state index contributed by atoms with van der Waals surface area (Å²) in [6.07, 6.45) is 0. The molecular formula is C27H33N3O2S. The van der Waals surface area contributed by atoms with Gasteiger partial charge < -0.3 is 4.90 Å². The van der Waals surface area contributed by atoms with E-state index in [1.165, 1.54) is 16.8 Å². The van der Waals surface area contributed by atoms with E-state index in [4.69, 9.17) is 0 Å². The number of anilines is 1. The Morgan fingerprint density at radius 2 is 1.45 bits per heavy atom. The fourth-order valence-corrected chi connectivity index (χ4v) is 5.50. The lowest BCUT2D eigenvalue weighted by molar-refractivity contribution is 0.187. The second-order valence-electron chi connectivity index (χ2n) is 8.90. The zero-order chi connectivity index (χ0) is 23.4. The number of rotatable bonds is 7. The summed E-state index contributed by atoms with van der Waals surface area (Å²) in [5.74, 6) is 0. The summed E-state index contributed by atoms with van der Waals surface area (Å²) < 4.78 is 28.7. The fraction of sp³-hybridized carbons (Fsp3) is 0.333. The van der Waals surface area contributed by atoms with Gasteiger partial charge in [-0.3, -0.25) is 4.90 Å². The summed E-state index contributed by atoms with van der Waals surface area (Å²) in [6, 6.07) is 23.8. The van der Waals surface area contributed by atoms with Crippen LogP contribution in [-0.4, -0.2) is 46.0 Å². The van der Waals surface area contributed by atoms with Crippen LogP contribution in [0.1, 0.15) is 28.3 Å². The van der Waals surface area contributed by atoms with Crippen LogP contribution in [0.5, 0.6) is 0 Å². The zero-order valence-electron chi connectivity index (χ0n) is 19.7. The Hall–Kier alpha value is -2.67. The van der Waals surface area contributed by atoms with Gasteiger partial charge in [-0.1, -0.05) is 60.2 Å². The lowest BCUT2D eigenvalue weighted by Gasteiger charge is -2.41. The molecule has 0 bridgehead atoms. The highest BCUT2D eigenvalue weighted by molar-refractivity contribution is 7.89. The average Bonchev–Trinajstić information content (AvgIpc) is 2.82. The summed E-state index contributed by atoms with van der Waals surface area (Å²) in [7, 11) is -3.57. The predicted molar refractivity (Wildman–Crippen MR) is 135 cm³/mol. The summed E-state index contributed by atoms with van der Waals surface area (Å²) in [4.78, 5) is 5.14. The maximum absolute atomic E-state index is 12.9. The Kier molecular flexibility index (Phi) is 7.17. The third-order valence-electron chi connectivity index (χ3n) is 6.44. The molecule has 4 rings (SSSR count). The minimum Gasteiger partial charge on any atom is -0.369 e. The molecule has 1 atom stereocenters. The van der Waals surface area contributed by atoms with Gasteiger partial charge in [0.2, 0.25) is 10.0 Å². The lowest BCUT2D eigenvalue weighted by Crippen LogP contribution is -2.50. The van der Waals surface area contributed by atoms with Gasteiger partial charge in [0.05, 0.1) is 4.90 Å². The maximum atomic E-state index is 12.9. The van der Waals surface area contributed by atoms with Crippen molar-refractivity contribution < 1.29 is 8.42 Å². The Morgan fingerprint density at radius 1 is 0.818 bits per heavy atom. The largest absolute Gasteiger partial charge is 0.369 e. The molecule has 5 nitrogen and oxygen atoms in total. The van der Waals surface area contributed by atoms with Crippen LogP contribution >= 0.6 is 0 Å². The standard InChI is InChI=1S/C27H33N3O2S/c1-21-10-13-25(14-11-21)33(31,32)28-20-27(24-7-5-4-6-8-24)30-17-15-29(16-18-30)26-19-22(2)9-12-23(26)3/h4-14,19,27-28H,15-18,20H2,1-3H3. The van der Waals surface area contributed by atoms with E-state index >= 15 is 0 Å². The van der Waals surface area contributed by atoms with Crippen molar-refractivity contribution in [2.24, 2.45) is 0 Å². The molecule has 1 saturated heterocycles. The molecule has 0 aromatic heterocycles. The highest BCUT2D eigenvalue weighted by atomic mass is 32.2. The van der Waals surface area contributed by atoms with Crippen molar-refractivity contribution >= 4 is 15.7 Å². The lowest BCUT2D eigenvalue weighted by atomic mass is 10.0. The number of hydrogen-bond acceptors (Lipinski definition) is 4. The van der Waals surface area contributed by atoms with Gasteiger partial charge >= 0.3 is 0 Å². The third-order valence-corrected chi connectivity index (χ3v) is 7.88. The number of sulfonamides is 1. The van der Waals surface area contributed by atoms with E-state index < -0.39 is 10.0 Å². The number of nitrogens with one attached hydrogen (secondary N) is 1. The van der Waals surface area contributed by atoms with Gasteiger partial charge in [-0.25, -0.2) is 13.1 Å².